The van der Waals surface area contributed by atoms with Crippen LogP contribution in [0.2, 0.25) is 0 Å². The van der Waals surface area contributed by atoms with Crippen LogP contribution < -0.4 is 10.2 Å². The maximum absolute atomic E-state index is 12.1. The van der Waals surface area contributed by atoms with Crippen molar-refractivity contribution in [3.63, 3.8) is 0 Å². The summed E-state index contributed by atoms with van der Waals surface area (Å²) in [7, 11) is 0. The molecule has 3 rings (SSSR count). The highest BCUT2D eigenvalue weighted by Gasteiger charge is 2.14. The molecule has 0 unspecified atom stereocenters. The molecule has 7 nitrogen and oxygen atoms in total. The third-order valence-corrected chi connectivity index (χ3v) is 3.90. The summed E-state index contributed by atoms with van der Waals surface area (Å²) in [6.45, 7) is 1.63. The number of fused-ring (bicyclic) bond motifs is 1. The SMILES string of the molecule is C[C@@H](Oc1ccc2ccccc2c1)C(=O)N/N=C\c1ccc([N+](=O)[O-])cc1. The van der Waals surface area contributed by atoms with Crippen LogP contribution in [0.25, 0.3) is 10.8 Å². The molecule has 0 aliphatic heterocycles. The van der Waals surface area contributed by atoms with Gasteiger partial charge in [0.25, 0.3) is 11.6 Å². The Morgan fingerprint density at radius 3 is 2.52 bits per heavy atom. The minimum Gasteiger partial charge on any atom is -0.481 e. The van der Waals surface area contributed by atoms with Crippen LogP contribution in [0.1, 0.15) is 12.5 Å². The Hall–Kier alpha value is -3.74. The zero-order valence-electron chi connectivity index (χ0n) is 14.5. The number of ether oxygens (including phenoxy) is 1. The standard InChI is InChI=1S/C20H17N3O4/c1-14(27-19-11-8-16-4-2-3-5-17(16)12-19)20(24)22-21-13-15-6-9-18(10-7-15)23(25)26/h2-14H,1H3,(H,22,24)/b21-13-/t14-/m1/s1. The largest absolute Gasteiger partial charge is 0.481 e. The summed E-state index contributed by atoms with van der Waals surface area (Å²) in [6, 6.07) is 19.3. The van der Waals surface area contributed by atoms with Crippen molar-refractivity contribution in [1.29, 1.82) is 0 Å². The number of carbonyl (C=O) groups is 1. The first-order valence-corrected chi connectivity index (χ1v) is 8.26. The van der Waals surface area contributed by atoms with Crippen LogP contribution in [-0.4, -0.2) is 23.1 Å². The number of hydrogen-bond acceptors (Lipinski definition) is 5. The van der Waals surface area contributed by atoms with Gasteiger partial charge in [-0.3, -0.25) is 14.9 Å². The van der Waals surface area contributed by atoms with Gasteiger partial charge in [-0.15, -0.1) is 0 Å². The van der Waals surface area contributed by atoms with Crippen molar-refractivity contribution in [2.24, 2.45) is 5.10 Å². The molecule has 3 aromatic rings. The number of benzene rings is 3. The van der Waals surface area contributed by atoms with Gasteiger partial charge in [0.2, 0.25) is 0 Å². The number of rotatable bonds is 6. The zero-order valence-corrected chi connectivity index (χ0v) is 14.5. The lowest BCUT2D eigenvalue weighted by Gasteiger charge is -2.13. The van der Waals surface area contributed by atoms with Gasteiger partial charge in [-0.1, -0.05) is 30.3 Å². The molecule has 0 spiro atoms. The summed E-state index contributed by atoms with van der Waals surface area (Å²) in [5.74, 6) is 0.192. The van der Waals surface area contributed by atoms with Gasteiger partial charge in [-0.2, -0.15) is 5.10 Å². The molecule has 1 atom stereocenters. The van der Waals surface area contributed by atoms with Crippen molar-refractivity contribution in [3.05, 3.63) is 82.4 Å². The Balaban J connectivity index is 1.57. The minimum atomic E-state index is -0.736. The Labute approximate surface area is 155 Å². The van der Waals surface area contributed by atoms with E-state index in [1.165, 1.54) is 18.3 Å². The third kappa shape index (κ3) is 4.66. The summed E-state index contributed by atoms with van der Waals surface area (Å²) in [5, 5.41) is 16.6. The molecule has 0 fully saturated rings. The lowest BCUT2D eigenvalue weighted by Crippen LogP contribution is -2.33. The average Bonchev–Trinajstić information content (AvgIpc) is 2.68. The van der Waals surface area contributed by atoms with E-state index in [-0.39, 0.29) is 5.69 Å². The molecule has 0 aliphatic carbocycles. The van der Waals surface area contributed by atoms with Crippen LogP contribution in [0.3, 0.4) is 0 Å². The van der Waals surface area contributed by atoms with Crippen LogP contribution in [0, 0.1) is 10.1 Å². The first kappa shape index (κ1) is 18.1. The lowest BCUT2D eigenvalue weighted by molar-refractivity contribution is -0.384. The van der Waals surface area contributed by atoms with E-state index in [4.69, 9.17) is 4.74 Å². The van der Waals surface area contributed by atoms with E-state index in [9.17, 15) is 14.9 Å². The predicted molar refractivity (Wildman–Crippen MR) is 103 cm³/mol. The Bertz CT molecular complexity index is 1000. The molecule has 0 bridgehead atoms. The van der Waals surface area contributed by atoms with E-state index in [0.717, 1.165) is 10.8 Å². The molecule has 0 aliphatic rings. The number of hydrazone groups is 1. The fraction of sp³-hybridized carbons (Fsp3) is 0.100. The molecule has 0 saturated carbocycles. The second-order valence-electron chi connectivity index (χ2n) is 5.85. The van der Waals surface area contributed by atoms with Gasteiger partial charge in [-0.25, -0.2) is 5.43 Å². The number of nitrogens with one attached hydrogen (secondary N) is 1. The van der Waals surface area contributed by atoms with Crippen molar-refractivity contribution in [1.82, 2.24) is 5.43 Å². The van der Waals surface area contributed by atoms with Crippen LogP contribution >= 0.6 is 0 Å². The monoisotopic (exact) mass is 363 g/mol. The van der Waals surface area contributed by atoms with Crippen LogP contribution in [-0.2, 0) is 4.79 Å². The minimum absolute atomic E-state index is 0.00593. The highest BCUT2D eigenvalue weighted by molar-refractivity contribution is 5.85. The molecule has 3 aromatic carbocycles. The van der Waals surface area contributed by atoms with Gasteiger partial charge >= 0.3 is 0 Å². The fourth-order valence-corrected chi connectivity index (χ4v) is 2.44. The normalized spacial score (nSPS) is 12.0. The average molecular weight is 363 g/mol. The van der Waals surface area contributed by atoms with Crippen molar-refractivity contribution < 1.29 is 14.5 Å². The van der Waals surface area contributed by atoms with E-state index in [0.29, 0.717) is 11.3 Å². The third-order valence-electron chi connectivity index (χ3n) is 3.90. The van der Waals surface area contributed by atoms with Crippen LogP contribution in [0.15, 0.2) is 71.8 Å². The van der Waals surface area contributed by atoms with Crippen LogP contribution in [0.4, 0.5) is 5.69 Å². The topological polar surface area (TPSA) is 93.8 Å². The molecule has 0 saturated heterocycles. The number of nitrogens with zero attached hydrogens (tertiary/aromatic N) is 2. The quantitative estimate of drug-likeness (QED) is 0.411. The molecule has 7 heteroatoms. The molecular formula is C20H17N3O4. The van der Waals surface area contributed by atoms with Crippen molar-refractivity contribution >= 4 is 28.6 Å². The number of carbonyl (C=O) groups excluding carboxylic acids is 1. The van der Waals surface area contributed by atoms with E-state index < -0.39 is 16.9 Å². The molecule has 136 valence electrons. The molecule has 1 N–H and O–H groups in total. The van der Waals surface area contributed by atoms with E-state index >= 15 is 0 Å². The summed E-state index contributed by atoms with van der Waals surface area (Å²) in [4.78, 5) is 22.2. The van der Waals surface area contributed by atoms with E-state index in [1.807, 2.05) is 42.5 Å². The summed E-state index contributed by atoms with van der Waals surface area (Å²) >= 11 is 0. The van der Waals surface area contributed by atoms with E-state index in [2.05, 4.69) is 10.5 Å². The van der Waals surface area contributed by atoms with Gasteiger partial charge < -0.3 is 4.74 Å². The van der Waals surface area contributed by atoms with Crippen LogP contribution in [0.5, 0.6) is 5.75 Å². The Morgan fingerprint density at radius 1 is 1.11 bits per heavy atom. The number of nitro benzene ring substituents is 1. The van der Waals surface area contributed by atoms with Crippen molar-refractivity contribution in [3.8, 4) is 5.75 Å². The Morgan fingerprint density at radius 2 is 1.81 bits per heavy atom. The first-order chi connectivity index (χ1) is 13.0. The number of hydrogen-bond donors (Lipinski definition) is 1. The number of non-ortho nitro benzene ring substituents is 1. The van der Waals surface area contributed by atoms with Gasteiger partial charge in [0.05, 0.1) is 11.1 Å². The summed E-state index contributed by atoms with van der Waals surface area (Å²) in [6.07, 6.45) is 0.671. The van der Waals surface area contributed by atoms with Crippen molar-refractivity contribution in [2.75, 3.05) is 0 Å². The molecule has 0 heterocycles. The van der Waals surface area contributed by atoms with E-state index in [1.54, 1.807) is 19.1 Å². The second-order valence-corrected chi connectivity index (χ2v) is 5.85. The Kier molecular flexibility index (Phi) is 5.41. The van der Waals surface area contributed by atoms with Gasteiger partial charge in [0.1, 0.15) is 5.75 Å². The number of amides is 1. The predicted octanol–water partition coefficient (Wildman–Crippen LogP) is 3.67. The molecule has 0 aromatic heterocycles. The lowest BCUT2D eigenvalue weighted by atomic mass is 10.1. The second kappa shape index (κ2) is 8.09. The van der Waals surface area contributed by atoms with Crippen molar-refractivity contribution in [2.45, 2.75) is 13.0 Å². The molecule has 27 heavy (non-hydrogen) atoms. The number of nitro groups is 1. The van der Waals surface area contributed by atoms with Gasteiger partial charge in [0.15, 0.2) is 6.10 Å². The first-order valence-electron chi connectivity index (χ1n) is 8.26. The summed E-state index contributed by atoms with van der Waals surface area (Å²) in [5.41, 5.74) is 3.02. The summed E-state index contributed by atoms with van der Waals surface area (Å²) < 4.78 is 5.67. The fourth-order valence-electron chi connectivity index (χ4n) is 2.44. The smallest absolute Gasteiger partial charge is 0.280 e. The van der Waals surface area contributed by atoms with Gasteiger partial charge in [0, 0.05) is 12.1 Å². The highest BCUT2D eigenvalue weighted by atomic mass is 16.6. The highest BCUT2D eigenvalue weighted by Crippen LogP contribution is 2.21. The molecule has 0 radical (unpaired) electrons. The zero-order chi connectivity index (χ0) is 19.2. The maximum Gasteiger partial charge on any atom is 0.280 e. The molecule has 1 amide bonds. The van der Waals surface area contributed by atoms with Gasteiger partial charge in [-0.05, 0) is 47.5 Å². The molecular weight excluding hydrogens is 346 g/mol. The maximum atomic E-state index is 12.1.